The third kappa shape index (κ3) is 5.41. The molecule has 0 unspecified atom stereocenters. The first-order valence-corrected chi connectivity index (χ1v) is 11.7. The van der Waals surface area contributed by atoms with E-state index in [2.05, 4.69) is 10.6 Å². The lowest BCUT2D eigenvalue weighted by atomic mass is 10.1. The summed E-state index contributed by atoms with van der Waals surface area (Å²) in [4.78, 5) is 28.0. The van der Waals surface area contributed by atoms with E-state index in [1.54, 1.807) is 61.5 Å². The minimum atomic E-state index is -0.405. The molecule has 34 heavy (non-hydrogen) atoms. The fraction of sp³-hybridized carbons (Fsp3) is 0.192. The summed E-state index contributed by atoms with van der Waals surface area (Å²) in [7, 11) is 0. The topological polar surface area (TPSA) is 85.3 Å². The minimum Gasteiger partial charge on any atom is -0.357 e. The van der Waals surface area contributed by atoms with Crippen LogP contribution in [0, 0.1) is 12.3 Å². The van der Waals surface area contributed by atoms with Crippen LogP contribution >= 0.6 is 23.2 Å². The Morgan fingerprint density at radius 3 is 2.09 bits per heavy atom. The van der Waals surface area contributed by atoms with Crippen LogP contribution in [0.5, 0.6) is 0 Å². The molecule has 1 heterocycles. The van der Waals surface area contributed by atoms with Gasteiger partial charge in [-0.1, -0.05) is 35.3 Å². The zero-order valence-corrected chi connectivity index (χ0v) is 20.1. The van der Waals surface area contributed by atoms with Crippen molar-refractivity contribution in [3.63, 3.8) is 0 Å². The van der Waals surface area contributed by atoms with Gasteiger partial charge < -0.3 is 15.5 Å². The van der Waals surface area contributed by atoms with E-state index < -0.39 is 5.91 Å². The van der Waals surface area contributed by atoms with Gasteiger partial charge in [0.15, 0.2) is 0 Å². The standard InChI is InChI=1S/C26H24Cl2N4O2/c1-16-14-20(28)15-22(26(34)30-21-10-8-19(27)9-11-21)23(16)31-25(33)18-6-4-17(5-7-18)24(29)32-12-2-3-13-32/h4-11,14-15,29H,2-3,12-13H2,1H3,(H,30,34)(H,31,33). The maximum atomic E-state index is 13.0. The van der Waals surface area contributed by atoms with Crippen LogP contribution in [0.2, 0.25) is 10.0 Å². The lowest BCUT2D eigenvalue weighted by molar-refractivity contribution is 0.102. The third-order valence-electron chi connectivity index (χ3n) is 5.73. The summed E-state index contributed by atoms with van der Waals surface area (Å²) in [6, 6.07) is 16.9. The first kappa shape index (κ1) is 23.8. The highest BCUT2D eigenvalue weighted by Gasteiger charge is 2.19. The van der Waals surface area contributed by atoms with Gasteiger partial charge in [-0.05, 0) is 73.9 Å². The number of likely N-dealkylation sites (tertiary alicyclic amines) is 1. The van der Waals surface area contributed by atoms with Crippen LogP contribution in [0.15, 0.2) is 60.7 Å². The maximum Gasteiger partial charge on any atom is 0.257 e. The molecule has 4 rings (SSSR count). The Bertz CT molecular complexity index is 1230. The van der Waals surface area contributed by atoms with Crippen LogP contribution in [0.3, 0.4) is 0 Å². The number of rotatable bonds is 5. The van der Waals surface area contributed by atoms with E-state index in [0.29, 0.717) is 38.4 Å². The van der Waals surface area contributed by atoms with E-state index >= 15 is 0 Å². The molecular formula is C26H24Cl2N4O2. The molecule has 0 atom stereocenters. The van der Waals surface area contributed by atoms with Gasteiger partial charge in [0.05, 0.1) is 11.3 Å². The largest absolute Gasteiger partial charge is 0.357 e. The van der Waals surface area contributed by atoms with Crippen LogP contribution < -0.4 is 10.6 Å². The number of hydrogen-bond acceptors (Lipinski definition) is 3. The van der Waals surface area contributed by atoms with Gasteiger partial charge in [0.25, 0.3) is 11.8 Å². The second-order valence-electron chi connectivity index (χ2n) is 8.18. The first-order valence-electron chi connectivity index (χ1n) is 10.9. The number of anilines is 2. The molecule has 0 saturated carbocycles. The number of benzene rings is 3. The minimum absolute atomic E-state index is 0.251. The van der Waals surface area contributed by atoms with Crippen molar-refractivity contribution in [2.24, 2.45) is 0 Å². The molecule has 1 aliphatic rings. The smallest absolute Gasteiger partial charge is 0.257 e. The van der Waals surface area contributed by atoms with Crippen LogP contribution in [0.4, 0.5) is 11.4 Å². The Morgan fingerprint density at radius 1 is 0.824 bits per heavy atom. The molecule has 0 aromatic heterocycles. The van der Waals surface area contributed by atoms with E-state index in [9.17, 15) is 9.59 Å². The summed E-state index contributed by atoms with van der Waals surface area (Å²) in [6.07, 6.45) is 2.19. The molecule has 0 radical (unpaired) electrons. The zero-order chi connectivity index (χ0) is 24.2. The molecule has 6 nitrogen and oxygen atoms in total. The molecule has 0 aliphatic carbocycles. The summed E-state index contributed by atoms with van der Waals surface area (Å²) in [5.74, 6) is -0.290. The highest BCUT2D eigenvalue weighted by molar-refractivity contribution is 6.31. The molecule has 174 valence electrons. The average molecular weight is 495 g/mol. The van der Waals surface area contributed by atoms with Crippen molar-refractivity contribution < 1.29 is 9.59 Å². The molecule has 3 N–H and O–H groups in total. The van der Waals surface area contributed by atoms with Crippen molar-refractivity contribution in [3.05, 3.63) is 93.0 Å². The van der Waals surface area contributed by atoms with E-state index in [4.69, 9.17) is 28.6 Å². The molecule has 3 aromatic carbocycles. The lowest BCUT2D eigenvalue weighted by Crippen LogP contribution is -2.27. The van der Waals surface area contributed by atoms with E-state index in [1.165, 1.54) is 6.07 Å². The molecule has 0 bridgehead atoms. The van der Waals surface area contributed by atoms with Crippen molar-refractivity contribution in [2.45, 2.75) is 19.8 Å². The average Bonchev–Trinajstić information content (AvgIpc) is 3.36. The number of aryl methyl sites for hydroxylation is 1. The van der Waals surface area contributed by atoms with Crippen molar-refractivity contribution in [1.82, 2.24) is 4.90 Å². The first-order chi connectivity index (χ1) is 16.3. The monoisotopic (exact) mass is 494 g/mol. The summed E-state index contributed by atoms with van der Waals surface area (Å²) in [5.41, 5.74) is 3.06. The molecule has 1 aliphatic heterocycles. The predicted octanol–water partition coefficient (Wildman–Crippen LogP) is 6.23. The van der Waals surface area contributed by atoms with E-state index in [0.717, 1.165) is 31.5 Å². The molecular weight excluding hydrogens is 471 g/mol. The molecule has 2 amide bonds. The second-order valence-corrected chi connectivity index (χ2v) is 9.05. The summed E-state index contributed by atoms with van der Waals surface area (Å²) < 4.78 is 0. The van der Waals surface area contributed by atoms with E-state index in [1.807, 2.05) is 4.90 Å². The van der Waals surface area contributed by atoms with Crippen LogP contribution in [-0.2, 0) is 0 Å². The van der Waals surface area contributed by atoms with Gasteiger partial charge in [0, 0.05) is 39.9 Å². The Morgan fingerprint density at radius 2 is 1.44 bits per heavy atom. The number of nitrogens with one attached hydrogen (secondary N) is 3. The van der Waals surface area contributed by atoms with Crippen molar-refractivity contribution in [2.75, 3.05) is 23.7 Å². The number of hydrogen-bond donors (Lipinski definition) is 3. The van der Waals surface area contributed by atoms with Crippen molar-refractivity contribution in [3.8, 4) is 0 Å². The normalized spacial score (nSPS) is 13.0. The SMILES string of the molecule is Cc1cc(Cl)cc(C(=O)Nc2ccc(Cl)cc2)c1NC(=O)c1ccc(C(=N)N2CCCC2)cc1. The number of halogens is 2. The number of amidine groups is 1. The van der Waals surface area contributed by atoms with Gasteiger partial charge in [0.2, 0.25) is 0 Å². The summed E-state index contributed by atoms with van der Waals surface area (Å²) in [6.45, 7) is 3.55. The fourth-order valence-corrected chi connectivity index (χ4v) is 4.31. The zero-order valence-electron chi connectivity index (χ0n) is 18.6. The summed E-state index contributed by atoms with van der Waals surface area (Å²) in [5, 5.41) is 15.0. The molecule has 1 saturated heterocycles. The van der Waals surface area contributed by atoms with Gasteiger partial charge in [0.1, 0.15) is 5.84 Å². The number of nitrogens with zero attached hydrogens (tertiary/aromatic N) is 1. The summed E-state index contributed by atoms with van der Waals surface area (Å²) >= 11 is 12.1. The fourth-order valence-electron chi connectivity index (χ4n) is 3.91. The maximum absolute atomic E-state index is 13.0. The van der Waals surface area contributed by atoms with Crippen molar-refractivity contribution >= 4 is 52.2 Å². The Labute approximate surface area is 208 Å². The van der Waals surface area contributed by atoms with Gasteiger partial charge in [-0.25, -0.2) is 0 Å². The molecule has 1 fully saturated rings. The Balaban J connectivity index is 1.53. The quantitative estimate of drug-likeness (QED) is 0.290. The second kappa shape index (κ2) is 10.3. The molecule has 3 aromatic rings. The highest BCUT2D eigenvalue weighted by atomic mass is 35.5. The van der Waals surface area contributed by atoms with Gasteiger partial charge in [-0.3, -0.25) is 15.0 Å². The Hall–Kier alpha value is -3.35. The number of amides is 2. The van der Waals surface area contributed by atoms with Crippen molar-refractivity contribution in [1.29, 1.82) is 5.41 Å². The highest BCUT2D eigenvalue weighted by Crippen LogP contribution is 2.27. The van der Waals surface area contributed by atoms with Crippen LogP contribution in [0.25, 0.3) is 0 Å². The van der Waals surface area contributed by atoms with Gasteiger partial charge in [-0.2, -0.15) is 0 Å². The number of carbonyl (C=O) groups excluding carboxylic acids is 2. The van der Waals surface area contributed by atoms with E-state index in [-0.39, 0.29) is 11.5 Å². The predicted molar refractivity (Wildman–Crippen MR) is 138 cm³/mol. The van der Waals surface area contributed by atoms with Crippen LogP contribution in [0.1, 0.15) is 44.7 Å². The number of carbonyl (C=O) groups is 2. The third-order valence-corrected chi connectivity index (χ3v) is 6.20. The van der Waals surface area contributed by atoms with Gasteiger partial charge in [-0.15, -0.1) is 0 Å². The Kier molecular flexibility index (Phi) is 7.20. The van der Waals surface area contributed by atoms with Crippen LogP contribution in [-0.4, -0.2) is 35.6 Å². The molecule has 0 spiro atoms. The molecule has 8 heteroatoms. The van der Waals surface area contributed by atoms with Gasteiger partial charge >= 0.3 is 0 Å². The lowest BCUT2D eigenvalue weighted by Gasteiger charge is -2.18.